The molecule has 1 N–H and O–H groups in total. The molecule has 2 rings (SSSR count). The second kappa shape index (κ2) is 7.26. The number of methoxy groups -OCH3 is 1. The summed E-state index contributed by atoms with van der Waals surface area (Å²) in [7, 11) is 1.70. The van der Waals surface area contributed by atoms with Crippen molar-refractivity contribution in [2.45, 2.75) is 18.9 Å². The molecule has 1 heterocycles. The molecule has 102 valence electrons. The monoisotopic (exact) mass is 277 g/mol. The van der Waals surface area contributed by atoms with E-state index < -0.39 is 0 Å². The zero-order valence-corrected chi connectivity index (χ0v) is 12.1. The van der Waals surface area contributed by atoms with Crippen molar-refractivity contribution in [2.75, 3.05) is 18.7 Å². The number of rotatable bonds is 7. The van der Waals surface area contributed by atoms with Gasteiger partial charge in [0.05, 0.1) is 18.9 Å². The van der Waals surface area contributed by atoms with Crippen molar-refractivity contribution in [1.29, 1.82) is 0 Å². The summed E-state index contributed by atoms with van der Waals surface area (Å²) >= 11 is 1.76. The predicted octanol–water partition coefficient (Wildman–Crippen LogP) is 3.90. The molecule has 0 aliphatic carbocycles. The molecule has 0 amide bonds. The molecule has 3 nitrogen and oxygen atoms in total. The van der Waals surface area contributed by atoms with Gasteiger partial charge < -0.3 is 14.5 Å². The largest absolute Gasteiger partial charge is 0.463 e. The van der Waals surface area contributed by atoms with Gasteiger partial charge in [-0.3, -0.25) is 0 Å². The molecule has 0 atom stereocenters. The standard InChI is InChI=1S/C15H19NO2S/c1-17-10-12-4-3-5-13(8-12)16-9-14-6-7-15(18-14)11-19-2/h3-8,16H,9-11H2,1-2H3. The normalized spacial score (nSPS) is 10.6. The van der Waals surface area contributed by atoms with Crippen LogP contribution in [0.25, 0.3) is 0 Å². The molecular weight excluding hydrogens is 258 g/mol. The van der Waals surface area contributed by atoms with E-state index >= 15 is 0 Å². The van der Waals surface area contributed by atoms with Gasteiger partial charge in [0.2, 0.25) is 0 Å². The van der Waals surface area contributed by atoms with E-state index in [-0.39, 0.29) is 0 Å². The Balaban J connectivity index is 1.91. The number of benzene rings is 1. The molecule has 1 aromatic carbocycles. The minimum atomic E-state index is 0.633. The third-order valence-electron chi connectivity index (χ3n) is 2.71. The third kappa shape index (κ3) is 4.33. The molecule has 1 aromatic heterocycles. The van der Waals surface area contributed by atoms with Crippen LogP contribution in [0.4, 0.5) is 5.69 Å². The fourth-order valence-electron chi connectivity index (χ4n) is 1.86. The average molecular weight is 277 g/mol. The number of hydrogen-bond donors (Lipinski definition) is 1. The average Bonchev–Trinajstić information content (AvgIpc) is 2.86. The lowest BCUT2D eigenvalue weighted by Gasteiger charge is -2.06. The van der Waals surface area contributed by atoms with E-state index in [1.54, 1.807) is 18.9 Å². The van der Waals surface area contributed by atoms with Crippen LogP contribution in [-0.4, -0.2) is 13.4 Å². The highest BCUT2D eigenvalue weighted by atomic mass is 32.2. The van der Waals surface area contributed by atoms with E-state index in [1.165, 1.54) is 0 Å². The van der Waals surface area contributed by atoms with Crippen molar-refractivity contribution in [3.05, 3.63) is 53.5 Å². The molecule has 0 aliphatic heterocycles. The first-order valence-electron chi connectivity index (χ1n) is 6.20. The van der Waals surface area contributed by atoms with E-state index in [1.807, 2.05) is 24.3 Å². The highest BCUT2D eigenvalue weighted by molar-refractivity contribution is 7.97. The first-order valence-corrected chi connectivity index (χ1v) is 7.59. The van der Waals surface area contributed by atoms with E-state index in [9.17, 15) is 0 Å². The summed E-state index contributed by atoms with van der Waals surface area (Å²) in [5, 5.41) is 3.36. The Kier molecular flexibility index (Phi) is 5.36. The topological polar surface area (TPSA) is 34.4 Å². The number of anilines is 1. The minimum Gasteiger partial charge on any atom is -0.463 e. The van der Waals surface area contributed by atoms with Crippen molar-refractivity contribution in [3.63, 3.8) is 0 Å². The van der Waals surface area contributed by atoms with Crippen LogP contribution in [-0.2, 0) is 23.6 Å². The van der Waals surface area contributed by atoms with Crippen LogP contribution in [0.1, 0.15) is 17.1 Å². The molecule has 0 saturated heterocycles. The summed E-state index contributed by atoms with van der Waals surface area (Å²) in [6.45, 7) is 1.33. The summed E-state index contributed by atoms with van der Waals surface area (Å²) < 4.78 is 10.8. The van der Waals surface area contributed by atoms with Crippen molar-refractivity contribution >= 4 is 17.4 Å². The Morgan fingerprint density at radius 2 is 2.05 bits per heavy atom. The molecule has 0 saturated carbocycles. The van der Waals surface area contributed by atoms with Crippen molar-refractivity contribution in [1.82, 2.24) is 0 Å². The smallest absolute Gasteiger partial charge is 0.123 e. The zero-order valence-electron chi connectivity index (χ0n) is 11.3. The van der Waals surface area contributed by atoms with Crippen LogP contribution in [0, 0.1) is 0 Å². The van der Waals surface area contributed by atoms with E-state index in [4.69, 9.17) is 9.15 Å². The fourth-order valence-corrected chi connectivity index (χ4v) is 2.30. The fraction of sp³-hybridized carbons (Fsp3) is 0.333. The zero-order chi connectivity index (χ0) is 13.5. The molecule has 0 unspecified atom stereocenters. The quantitative estimate of drug-likeness (QED) is 0.832. The first-order chi connectivity index (χ1) is 9.31. The van der Waals surface area contributed by atoms with E-state index in [0.717, 1.165) is 28.5 Å². The Morgan fingerprint density at radius 3 is 2.84 bits per heavy atom. The first kappa shape index (κ1) is 14.0. The number of hydrogen-bond acceptors (Lipinski definition) is 4. The van der Waals surface area contributed by atoms with E-state index in [2.05, 4.69) is 23.7 Å². The summed E-state index contributed by atoms with van der Waals surface area (Å²) in [6.07, 6.45) is 2.07. The lowest BCUT2D eigenvalue weighted by Crippen LogP contribution is -1.99. The molecule has 0 radical (unpaired) electrons. The lowest BCUT2D eigenvalue weighted by atomic mass is 10.2. The van der Waals surface area contributed by atoms with Crippen LogP contribution >= 0.6 is 11.8 Å². The second-order valence-corrected chi connectivity index (χ2v) is 5.15. The number of furan rings is 1. The van der Waals surface area contributed by atoms with E-state index in [0.29, 0.717) is 13.2 Å². The van der Waals surface area contributed by atoms with Crippen molar-refractivity contribution < 1.29 is 9.15 Å². The van der Waals surface area contributed by atoms with Gasteiger partial charge in [0.15, 0.2) is 0 Å². The van der Waals surface area contributed by atoms with Crippen LogP contribution < -0.4 is 5.32 Å². The SMILES string of the molecule is COCc1cccc(NCc2ccc(CSC)o2)c1. The molecule has 0 fully saturated rings. The van der Waals surface area contributed by atoms with Gasteiger partial charge in [-0.15, -0.1) is 0 Å². The molecule has 2 aromatic rings. The number of ether oxygens (including phenoxy) is 1. The van der Waals surface area contributed by atoms with Gasteiger partial charge in [-0.05, 0) is 36.1 Å². The maximum atomic E-state index is 5.72. The highest BCUT2D eigenvalue weighted by Crippen LogP contribution is 2.16. The Hall–Kier alpha value is -1.39. The molecule has 0 bridgehead atoms. The number of thioether (sulfide) groups is 1. The van der Waals surface area contributed by atoms with Crippen LogP contribution in [0.5, 0.6) is 0 Å². The Bertz CT molecular complexity index is 510. The van der Waals surface area contributed by atoms with Gasteiger partial charge >= 0.3 is 0 Å². The van der Waals surface area contributed by atoms with Crippen LogP contribution in [0.2, 0.25) is 0 Å². The van der Waals surface area contributed by atoms with Gasteiger partial charge in [0.25, 0.3) is 0 Å². The van der Waals surface area contributed by atoms with Crippen molar-refractivity contribution in [3.8, 4) is 0 Å². The molecule has 0 spiro atoms. The summed E-state index contributed by atoms with van der Waals surface area (Å²) in [5.41, 5.74) is 2.24. The summed E-state index contributed by atoms with van der Waals surface area (Å²) in [6, 6.07) is 12.3. The maximum Gasteiger partial charge on any atom is 0.123 e. The summed E-state index contributed by atoms with van der Waals surface area (Å²) in [5.74, 6) is 2.90. The van der Waals surface area contributed by atoms with Gasteiger partial charge in [-0.1, -0.05) is 12.1 Å². The Labute approximate surface area is 118 Å². The maximum absolute atomic E-state index is 5.72. The van der Waals surface area contributed by atoms with Crippen LogP contribution in [0.15, 0.2) is 40.8 Å². The number of nitrogens with one attached hydrogen (secondary N) is 1. The third-order valence-corrected chi connectivity index (χ3v) is 3.28. The van der Waals surface area contributed by atoms with Crippen LogP contribution in [0.3, 0.4) is 0 Å². The lowest BCUT2D eigenvalue weighted by molar-refractivity contribution is 0.185. The molecular formula is C15H19NO2S. The molecule has 19 heavy (non-hydrogen) atoms. The molecule has 0 aliphatic rings. The van der Waals surface area contributed by atoms with Gasteiger partial charge in [0.1, 0.15) is 11.5 Å². The van der Waals surface area contributed by atoms with Gasteiger partial charge in [-0.25, -0.2) is 0 Å². The van der Waals surface area contributed by atoms with Gasteiger partial charge in [-0.2, -0.15) is 11.8 Å². The highest BCUT2D eigenvalue weighted by Gasteiger charge is 2.02. The predicted molar refractivity (Wildman–Crippen MR) is 80.4 cm³/mol. The molecule has 4 heteroatoms. The minimum absolute atomic E-state index is 0.633. The second-order valence-electron chi connectivity index (χ2n) is 4.29. The Morgan fingerprint density at radius 1 is 1.21 bits per heavy atom. The summed E-state index contributed by atoms with van der Waals surface area (Å²) in [4.78, 5) is 0. The van der Waals surface area contributed by atoms with Gasteiger partial charge in [0, 0.05) is 12.8 Å². The van der Waals surface area contributed by atoms with Crippen molar-refractivity contribution in [2.24, 2.45) is 0 Å².